The van der Waals surface area contributed by atoms with Crippen LogP contribution in [0.1, 0.15) is 27.0 Å². The van der Waals surface area contributed by atoms with Gasteiger partial charge in [-0.3, -0.25) is 18.9 Å². The smallest absolute Gasteiger partial charge is 0.325 e. The zero-order chi connectivity index (χ0) is 18.6. The standard InChI is InChI=1S/C14H22N5O5P/c1-7-8(5-23-25(4,21)22)24-12(14(7,2)3)19-6-16-9-10(19)17-13(15)18-11(9)20/h6-8,12H,5H2,1-4H3,(H,21,22)(H3,15,17,18,20). The molecule has 0 bridgehead atoms. The number of aromatic amines is 1. The molecule has 1 aliphatic rings. The number of hydrogen-bond donors (Lipinski definition) is 3. The molecule has 10 nitrogen and oxygen atoms in total. The van der Waals surface area contributed by atoms with Crippen LogP contribution in [0.25, 0.3) is 11.2 Å². The normalized spacial score (nSPS) is 28.3. The Bertz CT molecular complexity index is 901. The molecule has 0 amide bonds. The Hall–Kier alpha value is -1.74. The number of H-pyrrole nitrogens is 1. The van der Waals surface area contributed by atoms with Crippen molar-refractivity contribution in [1.29, 1.82) is 0 Å². The van der Waals surface area contributed by atoms with Gasteiger partial charge >= 0.3 is 7.60 Å². The maximum absolute atomic E-state index is 12.0. The third kappa shape index (κ3) is 3.22. The van der Waals surface area contributed by atoms with Gasteiger partial charge in [0, 0.05) is 12.1 Å². The number of rotatable bonds is 4. The maximum Gasteiger partial charge on any atom is 0.325 e. The van der Waals surface area contributed by atoms with Crippen molar-refractivity contribution in [1.82, 2.24) is 19.5 Å². The summed E-state index contributed by atoms with van der Waals surface area (Å²) in [5.74, 6) is 0.0102. The number of imidazole rings is 1. The Morgan fingerprint density at radius 3 is 2.88 bits per heavy atom. The fraction of sp³-hybridized carbons (Fsp3) is 0.643. The molecular formula is C14H22N5O5P. The van der Waals surface area contributed by atoms with Crippen molar-refractivity contribution in [2.75, 3.05) is 19.0 Å². The number of fused-ring (bicyclic) bond motifs is 1. The molecule has 11 heteroatoms. The lowest BCUT2D eigenvalue weighted by Crippen LogP contribution is -2.29. The molecule has 1 fully saturated rings. The molecule has 0 aliphatic carbocycles. The lowest BCUT2D eigenvalue weighted by Gasteiger charge is -2.29. The average molecular weight is 371 g/mol. The molecule has 138 valence electrons. The summed E-state index contributed by atoms with van der Waals surface area (Å²) in [7, 11) is -3.59. The molecule has 4 unspecified atom stereocenters. The molecule has 3 heterocycles. The number of ether oxygens (including phenoxy) is 1. The van der Waals surface area contributed by atoms with E-state index in [4.69, 9.17) is 15.0 Å². The van der Waals surface area contributed by atoms with Crippen LogP contribution in [0.4, 0.5) is 5.95 Å². The molecule has 4 N–H and O–H groups in total. The molecule has 0 spiro atoms. The summed E-state index contributed by atoms with van der Waals surface area (Å²) in [6.45, 7) is 7.13. The van der Waals surface area contributed by atoms with E-state index in [-0.39, 0.29) is 29.4 Å². The van der Waals surface area contributed by atoms with E-state index in [0.717, 1.165) is 6.66 Å². The minimum atomic E-state index is -3.59. The molecule has 1 saturated heterocycles. The zero-order valence-electron chi connectivity index (χ0n) is 14.5. The van der Waals surface area contributed by atoms with Crippen LogP contribution >= 0.6 is 7.60 Å². The van der Waals surface area contributed by atoms with Gasteiger partial charge in [-0.1, -0.05) is 20.8 Å². The highest BCUT2D eigenvalue weighted by molar-refractivity contribution is 7.51. The first-order valence-electron chi connectivity index (χ1n) is 7.83. The summed E-state index contributed by atoms with van der Waals surface area (Å²) in [4.78, 5) is 32.0. The van der Waals surface area contributed by atoms with E-state index in [2.05, 4.69) is 15.0 Å². The summed E-state index contributed by atoms with van der Waals surface area (Å²) in [5.41, 5.74) is 5.36. The Balaban J connectivity index is 1.97. The Labute approximate surface area is 143 Å². The molecule has 1 aliphatic heterocycles. The summed E-state index contributed by atoms with van der Waals surface area (Å²) >= 11 is 0. The predicted octanol–water partition coefficient (Wildman–Crippen LogP) is 1.09. The first kappa shape index (κ1) is 18.1. The molecule has 0 aromatic carbocycles. The third-order valence-electron chi connectivity index (χ3n) is 4.85. The summed E-state index contributed by atoms with van der Waals surface area (Å²) in [6.07, 6.45) is 0.618. The van der Waals surface area contributed by atoms with Gasteiger partial charge in [-0.05, 0) is 5.92 Å². The highest BCUT2D eigenvalue weighted by atomic mass is 31.2. The lowest BCUT2D eigenvalue weighted by molar-refractivity contribution is -0.0430. The molecule has 25 heavy (non-hydrogen) atoms. The predicted molar refractivity (Wildman–Crippen MR) is 91.1 cm³/mol. The summed E-state index contributed by atoms with van der Waals surface area (Å²) in [6, 6.07) is 0. The average Bonchev–Trinajstić information content (AvgIpc) is 2.97. The van der Waals surface area contributed by atoms with Crippen LogP contribution in [0.2, 0.25) is 0 Å². The number of hydrogen-bond acceptors (Lipinski definition) is 7. The van der Waals surface area contributed by atoms with Crippen molar-refractivity contribution in [3.05, 3.63) is 16.7 Å². The largest absolute Gasteiger partial charge is 0.369 e. The molecule has 0 saturated carbocycles. The fourth-order valence-electron chi connectivity index (χ4n) is 3.10. The van der Waals surface area contributed by atoms with Crippen molar-refractivity contribution < 1.29 is 18.7 Å². The second-order valence-electron chi connectivity index (χ2n) is 7.01. The Morgan fingerprint density at radius 1 is 1.56 bits per heavy atom. The second-order valence-corrected chi connectivity index (χ2v) is 8.88. The van der Waals surface area contributed by atoms with Crippen LogP contribution in [0.5, 0.6) is 0 Å². The van der Waals surface area contributed by atoms with Gasteiger partial charge in [-0.2, -0.15) is 4.98 Å². The van der Waals surface area contributed by atoms with Crippen molar-refractivity contribution in [2.24, 2.45) is 11.3 Å². The van der Waals surface area contributed by atoms with Crippen LogP contribution in [0.3, 0.4) is 0 Å². The van der Waals surface area contributed by atoms with E-state index < -0.39 is 25.5 Å². The highest BCUT2D eigenvalue weighted by Gasteiger charge is 2.49. The highest BCUT2D eigenvalue weighted by Crippen LogP contribution is 2.50. The number of nitrogens with two attached hydrogens (primary N) is 1. The zero-order valence-corrected chi connectivity index (χ0v) is 15.4. The van der Waals surface area contributed by atoms with Gasteiger partial charge in [-0.25, -0.2) is 4.98 Å². The topological polar surface area (TPSA) is 145 Å². The minimum absolute atomic E-state index is 0.00446. The molecule has 0 radical (unpaired) electrons. The van der Waals surface area contributed by atoms with E-state index in [0.29, 0.717) is 5.65 Å². The van der Waals surface area contributed by atoms with E-state index in [9.17, 15) is 14.3 Å². The van der Waals surface area contributed by atoms with Crippen molar-refractivity contribution >= 4 is 24.7 Å². The van der Waals surface area contributed by atoms with Gasteiger partial charge in [0.25, 0.3) is 5.56 Å². The molecule has 2 aromatic rings. The first-order valence-corrected chi connectivity index (χ1v) is 9.86. The summed E-state index contributed by atoms with van der Waals surface area (Å²) < 4.78 is 24.2. The Morgan fingerprint density at radius 2 is 2.24 bits per heavy atom. The van der Waals surface area contributed by atoms with Gasteiger partial charge in [0.05, 0.1) is 19.0 Å². The van der Waals surface area contributed by atoms with Gasteiger partial charge in [0.2, 0.25) is 5.95 Å². The minimum Gasteiger partial charge on any atom is -0.369 e. The maximum atomic E-state index is 12.0. The van der Waals surface area contributed by atoms with E-state index >= 15 is 0 Å². The number of nitrogens with one attached hydrogen (secondary N) is 1. The molecular weight excluding hydrogens is 349 g/mol. The van der Waals surface area contributed by atoms with Crippen molar-refractivity contribution in [2.45, 2.75) is 33.1 Å². The van der Waals surface area contributed by atoms with Crippen LogP contribution < -0.4 is 11.3 Å². The lowest BCUT2D eigenvalue weighted by atomic mass is 9.78. The first-order chi connectivity index (χ1) is 11.5. The third-order valence-corrected chi connectivity index (χ3v) is 5.48. The molecule has 2 aromatic heterocycles. The van der Waals surface area contributed by atoms with E-state index in [1.165, 1.54) is 6.33 Å². The second kappa shape index (κ2) is 5.91. The van der Waals surface area contributed by atoms with Crippen LogP contribution in [-0.4, -0.2) is 43.8 Å². The van der Waals surface area contributed by atoms with E-state index in [1.807, 2.05) is 20.8 Å². The number of nitrogen functional groups attached to an aromatic ring is 1. The van der Waals surface area contributed by atoms with Gasteiger partial charge in [0.15, 0.2) is 11.2 Å². The van der Waals surface area contributed by atoms with Gasteiger partial charge in [0.1, 0.15) is 6.23 Å². The van der Waals surface area contributed by atoms with Gasteiger partial charge in [-0.15, -0.1) is 0 Å². The van der Waals surface area contributed by atoms with Crippen LogP contribution in [-0.2, 0) is 13.8 Å². The van der Waals surface area contributed by atoms with E-state index in [1.54, 1.807) is 4.57 Å². The SMILES string of the molecule is CC1C(COP(C)(=O)O)OC(n2cnc3c(=O)[nH]c(N)nc32)C1(C)C. The quantitative estimate of drug-likeness (QED) is 0.677. The molecule has 3 rings (SSSR count). The van der Waals surface area contributed by atoms with Crippen molar-refractivity contribution in [3.8, 4) is 0 Å². The molecule has 4 atom stereocenters. The van der Waals surface area contributed by atoms with Gasteiger partial charge < -0.3 is 19.9 Å². The van der Waals surface area contributed by atoms with Crippen LogP contribution in [0.15, 0.2) is 11.1 Å². The number of anilines is 1. The van der Waals surface area contributed by atoms with Crippen molar-refractivity contribution in [3.63, 3.8) is 0 Å². The number of nitrogens with zero attached hydrogens (tertiary/aromatic N) is 3. The Kier molecular flexibility index (Phi) is 4.27. The monoisotopic (exact) mass is 371 g/mol. The fourth-order valence-corrected chi connectivity index (χ4v) is 3.52. The number of aromatic nitrogens is 4. The summed E-state index contributed by atoms with van der Waals surface area (Å²) in [5, 5.41) is 0. The van der Waals surface area contributed by atoms with Crippen LogP contribution in [0, 0.1) is 11.3 Å².